The molecule has 1 N–H and O–H groups in total. The number of nitrogens with zero attached hydrogens (tertiary/aromatic N) is 1. The maximum absolute atomic E-state index is 11.8. The van der Waals surface area contributed by atoms with Gasteiger partial charge < -0.3 is 5.32 Å². The zero-order valence-corrected chi connectivity index (χ0v) is 10.7. The number of hydrogen-bond acceptors (Lipinski definition) is 3. The first-order chi connectivity index (χ1) is 8.45. The van der Waals surface area contributed by atoms with Crippen LogP contribution in [0, 0.1) is 23.2 Å². The number of ketones is 1. The molecule has 94 valence electrons. The standard InChI is InChI=1S/C14H16N2O2/c1-9(2)13(8-15)14(18)16-12-6-4-11(5-7-12)10(3)17/h4-7,9,13H,1-3H3,(H,16,18). The third-order valence-electron chi connectivity index (χ3n) is 2.65. The molecule has 0 aliphatic carbocycles. The van der Waals surface area contributed by atoms with E-state index in [9.17, 15) is 9.59 Å². The van der Waals surface area contributed by atoms with E-state index in [-0.39, 0.29) is 17.6 Å². The average Bonchev–Trinajstić information content (AvgIpc) is 2.29. The second-order valence-corrected chi connectivity index (χ2v) is 4.47. The van der Waals surface area contributed by atoms with Gasteiger partial charge >= 0.3 is 0 Å². The van der Waals surface area contributed by atoms with E-state index in [1.165, 1.54) is 6.92 Å². The lowest BCUT2D eigenvalue weighted by atomic mass is 9.96. The molecule has 0 aliphatic heterocycles. The Morgan fingerprint density at radius 2 is 1.78 bits per heavy atom. The lowest BCUT2D eigenvalue weighted by Gasteiger charge is -2.13. The molecule has 18 heavy (non-hydrogen) atoms. The first-order valence-corrected chi connectivity index (χ1v) is 5.77. The van der Waals surface area contributed by atoms with Gasteiger partial charge in [-0.2, -0.15) is 5.26 Å². The molecule has 0 saturated carbocycles. The van der Waals surface area contributed by atoms with Crippen LogP contribution >= 0.6 is 0 Å². The molecule has 0 saturated heterocycles. The van der Waals surface area contributed by atoms with Crippen molar-refractivity contribution < 1.29 is 9.59 Å². The van der Waals surface area contributed by atoms with Gasteiger partial charge in [-0.25, -0.2) is 0 Å². The summed E-state index contributed by atoms with van der Waals surface area (Å²) in [6.07, 6.45) is 0. The molecule has 0 aromatic heterocycles. The summed E-state index contributed by atoms with van der Waals surface area (Å²) < 4.78 is 0. The zero-order chi connectivity index (χ0) is 13.7. The molecule has 0 bridgehead atoms. The molecule has 0 spiro atoms. The van der Waals surface area contributed by atoms with Crippen molar-refractivity contribution in [2.45, 2.75) is 20.8 Å². The van der Waals surface area contributed by atoms with Crippen molar-refractivity contribution in [2.75, 3.05) is 5.32 Å². The summed E-state index contributed by atoms with van der Waals surface area (Å²) >= 11 is 0. The molecule has 1 atom stereocenters. The fourth-order valence-electron chi connectivity index (χ4n) is 1.52. The Morgan fingerprint density at radius 3 is 2.17 bits per heavy atom. The van der Waals surface area contributed by atoms with Gasteiger partial charge in [0.05, 0.1) is 6.07 Å². The Kier molecular flexibility index (Phi) is 4.61. The normalized spacial score (nSPS) is 11.7. The predicted octanol–water partition coefficient (Wildman–Crippen LogP) is 2.62. The Bertz CT molecular complexity index is 484. The highest BCUT2D eigenvalue weighted by molar-refractivity contribution is 5.96. The number of amides is 1. The molecular formula is C14H16N2O2. The molecule has 0 heterocycles. The highest BCUT2D eigenvalue weighted by Gasteiger charge is 2.21. The van der Waals surface area contributed by atoms with Crippen LogP contribution in [0.4, 0.5) is 5.69 Å². The molecular weight excluding hydrogens is 228 g/mol. The number of rotatable bonds is 4. The maximum Gasteiger partial charge on any atom is 0.241 e. The van der Waals surface area contributed by atoms with Crippen LogP contribution in [0.15, 0.2) is 24.3 Å². The molecule has 4 nitrogen and oxygen atoms in total. The van der Waals surface area contributed by atoms with Crippen LogP contribution in [0.5, 0.6) is 0 Å². The van der Waals surface area contributed by atoms with Gasteiger partial charge in [0, 0.05) is 11.3 Å². The smallest absolute Gasteiger partial charge is 0.241 e. The van der Waals surface area contributed by atoms with Crippen molar-refractivity contribution in [1.82, 2.24) is 0 Å². The minimum Gasteiger partial charge on any atom is -0.325 e. The highest BCUT2D eigenvalue weighted by atomic mass is 16.2. The van der Waals surface area contributed by atoms with Crippen molar-refractivity contribution in [2.24, 2.45) is 11.8 Å². The molecule has 0 radical (unpaired) electrons. The topological polar surface area (TPSA) is 70.0 Å². The van der Waals surface area contributed by atoms with E-state index in [2.05, 4.69) is 5.32 Å². The SMILES string of the molecule is CC(=O)c1ccc(NC(=O)C(C#N)C(C)C)cc1. The molecule has 0 fully saturated rings. The lowest BCUT2D eigenvalue weighted by molar-refractivity contribution is -0.119. The van der Waals surface area contributed by atoms with Crippen LogP contribution in [0.3, 0.4) is 0 Å². The number of carbonyl (C=O) groups is 2. The van der Waals surface area contributed by atoms with Gasteiger partial charge in [0.25, 0.3) is 0 Å². The van der Waals surface area contributed by atoms with E-state index in [4.69, 9.17) is 5.26 Å². The third-order valence-corrected chi connectivity index (χ3v) is 2.65. The number of nitrogens with one attached hydrogen (secondary N) is 1. The number of anilines is 1. The molecule has 1 amide bonds. The van der Waals surface area contributed by atoms with Gasteiger partial charge in [0.1, 0.15) is 5.92 Å². The van der Waals surface area contributed by atoms with Crippen LogP contribution in [0.25, 0.3) is 0 Å². The van der Waals surface area contributed by atoms with E-state index < -0.39 is 5.92 Å². The van der Waals surface area contributed by atoms with E-state index in [0.717, 1.165) is 0 Å². The monoisotopic (exact) mass is 244 g/mol. The second kappa shape index (κ2) is 5.97. The van der Waals surface area contributed by atoms with Crippen LogP contribution in [-0.4, -0.2) is 11.7 Å². The van der Waals surface area contributed by atoms with Crippen LogP contribution in [0.2, 0.25) is 0 Å². The van der Waals surface area contributed by atoms with Gasteiger partial charge in [0.2, 0.25) is 5.91 Å². The summed E-state index contributed by atoms with van der Waals surface area (Å²) in [5.41, 5.74) is 1.18. The first kappa shape index (κ1) is 13.9. The van der Waals surface area contributed by atoms with Gasteiger partial charge in [-0.15, -0.1) is 0 Å². The fourth-order valence-corrected chi connectivity index (χ4v) is 1.52. The van der Waals surface area contributed by atoms with Crippen molar-refractivity contribution in [3.63, 3.8) is 0 Å². The van der Waals surface area contributed by atoms with Crippen molar-refractivity contribution in [1.29, 1.82) is 5.26 Å². The average molecular weight is 244 g/mol. The summed E-state index contributed by atoms with van der Waals surface area (Å²) in [4.78, 5) is 22.9. The van der Waals surface area contributed by atoms with Crippen LogP contribution in [-0.2, 0) is 4.79 Å². The summed E-state index contributed by atoms with van der Waals surface area (Å²) in [5, 5.41) is 11.6. The molecule has 4 heteroatoms. The number of hydrogen-bond donors (Lipinski definition) is 1. The first-order valence-electron chi connectivity index (χ1n) is 5.77. The van der Waals surface area contributed by atoms with Gasteiger partial charge in [-0.3, -0.25) is 9.59 Å². The van der Waals surface area contributed by atoms with E-state index in [1.807, 2.05) is 19.9 Å². The van der Waals surface area contributed by atoms with E-state index >= 15 is 0 Å². The number of nitriles is 1. The minimum absolute atomic E-state index is 0.0232. The van der Waals surface area contributed by atoms with Crippen LogP contribution < -0.4 is 5.32 Å². The van der Waals surface area contributed by atoms with E-state index in [0.29, 0.717) is 11.3 Å². The van der Waals surface area contributed by atoms with Crippen molar-refractivity contribution in [3.8, 4) is 6.07 Å². The van der Waals surface area contributed by atoms with Gasteiger partial charge in [0.15, 0.2) is 5.78 Å². The largest absolute Gasteiger partial charge is 0.325 e. The van der Waals surface area contributed by atoms with Crippen molar-refractivity contribution in [3.05, 3.63) is 29.8 Å². The van der Waals surface area contributed by atoms with E-state index in [1.54, 1.807) is 24.3 Å². The number of benzene rings is 1. The second-order valence-electron chi connectivity index (χ2n) is 4.47. The maximum atomic E-state index is 11.8. The summed E-state index contributed by atoms with van der Waals surface area (Å²) in [6.45, 7) is 5.14. The third kappa shape index (κ3) is 3.42. The van der Waals surface area contributed by atoms with Gasteiger partial charge in [-0.1, -0.05) is 13.8 Å². The molecule has 1 aromatic carbocycles. The molecule has 1 aromatic rings. The summed E-state index contributed by atoms with van der Waals surface area (Å²) in [7, 11) is 0. The molecule has 1 unspecified atom stereocenters. The Labute approximate surface area is 107 Å². The highest BCUT2D eigenvalue weighted by Crippen LogP contribution is 2.15. The summed E-state index contributed by atoms with van der Waals surface area (Å²) in [5.74, 6) is -1.04. The summed E-state index contributed by atoms with van der Waals surface area (Å²) in [6, 6.07) is 8.59. The van der Waals surface area contributed by atoms with Crippen LogP contribution in [0.1, 0.15) is 31.1 Å². The fraction of sp³-hybridized carbons (Fsp3) is 0.357. The Balaban J connectivity index is 2.77. The zero-order valence-electron chi connectivity index (χ0n) is 10.7. The Hall–Kier alpha value is -2.15. The number of carbonyl (C=O) groups excluding carboxylic acids is 2. The molecule has 0 aliphatic rings. The minimum atomic E-state index is -0.669. The molecule has 1 rings (SSSR count). The Morgan fingerprint density at radius 1 is 1.22 bits per heavy atom. The van der Waals surface area contributed by atoms with Crippen molar-refractivity contribution >= 4 is 17.4 Å². The van der Waals surface area contributed by atoms with Gasteiger partial charge in [-0.05, 0) is 37.1 Å². The lowest BCUT2D eigenvalue weighted by Crippen LogP contribution is -2.25. The number of Topliss-reactive ketones (excluding diaryl/α,β-unsaturated/α-hetero) is 1. The quantitative estimate of drug-likeness (QED) is 0.828. The predicted molar refractivity (Wildman–Crippen MR) is 69.0 cm³/mol.